The third kappa shape index (κ3) is 5.68. The number of anilines is 3. The quantitative estimate of drug-likeness (QED) is 0.152. The van der Waals surface area contributed by atoms with Crippen molar-refractivity contribution < 1.29 is 0 Å². The van der Waals surface area contributed by atoms with Crippen molar-refractivity contribution in [2.75, 3.05) is 4.90 Å². The monoisotopic (exact) mass is 875 g/mol. The molecule has 0 fully saturated rings. The fraction of sp³-hybridized carbons (Fsp3) is 0. The lowest BCUT2D eigenvalue weighted by Crippen LogP contribution is -2.09. The second-order valence-electron chi connectivity index (χ2n) is 18.5. The Morgan fingerprint density at radius 3 is 1.30 bits per heavy atom. The van der Waals surface area contributed by atoms with Gasteiger partial charge in [0, 0.05) is 33.2 Å². The molecule has 0 atom stereocenters. The number of imidazole rings is 1. The molecule has 3 nitrogen and oxygen atoms in total. The molecule has 0 saturated carbocycles. The number of fused-ring (bicyclic) bond motifs is 14. The van der Waals surface area contributed by atoms with Crippen LogP contribution in [0.1, 0.15) is 0 Å². The van der Waals surface area contributed by atoms with Crippen LogP contribution in [-0.4, -0.2) is 8.80 Å². The van der Waals surface area contributed by atoms with Gasteiger partial charge in [-0.25, -0.2) is 0 Å². The molecule has 0 aliphatic rings. The third-order valence-corrected chi connectivity index (χ3v) is 14.8. The lowest BCUT2D eigenvalue weighted by molar-refractivity contribution is 1.28. The minimum atomic E-state index is 1.10. The van der Waals surface area contributed by atoms with Gasteiger partial charge in [-0.1, -0.05) is 182 Å². The summed E-state index contributed by atoms with van der Waals surface area (Å²) >= 11 is 0. The molecular formula is C66H41N3. The molecule has 0 amide bonds. The molecule has 0 bridgehead atoms. The van der Waals surface area contributed by atoms with Crippen LogP contribution >= 0.6 is 0 Å². The van der Waals surface area contributed by atoms with Crippen LogP contribution in [0.4, 0.5) is 17.1 Å². The summed E-state index contributed by atoms with van der Waals surface area (Å²) in [6.07, 6.45) is 0. The van der Waals surface area contributed by atoms with Gasteiger partial charge in [0.1, 0.15) is 5.65 Å². The van der Waals surface area contributed by atoms with E-state index in [4.69, 9.17) is 0 Å². The predicted molar refractivity (Wildman–Crippen MR) is 293 cm³/mol. The van der Waals surface area contributed by atoms with Gasteiger partial charge < -0.3 is 4.90 Å². The van der Waals surface area contributed by atoms with Crippen LogP contribution in [0.2, 0.25) is 0 Å². The Morgan fingerprint density at radius 1 is 0.246 bits per heavy atom. The standard InChI is InChI=1S/C66H41N3/c1-3-15-53-42(11-1)13-9-18-55(53)44-25-31-50(32-26-44)67(51-33-27-45(28-34-51)56-19-10-14-43-12-2-4-16-54(43)56)52-35-38-58-49(40-52)24-23-48-39-46(29-36-57(48)58)47-30-37-60-64(41-47)69-63-22-8-7-21-62(63)68-61-20-6-5-17-59(61)65(60)66(68)69/h1-41H. The highest BCUT2D eigenvalue weighted by Gasteiger charge is 2.23. The average molecular weight is 876 g/mol. The van der Waals surface area contributed by atoms with Crippen LogP contribution in [0.15, 0.2) is 249 Å². The van der Waals surface area contributed by atoms with Crippen LogP contribution in [0.25, 0.3) is 120 Å². The molecule has 0 aliphatic heterocycles. The summed E-state index contributed by atoms with van der Waals surface area (Å²) in [6, 6.07) is 91.7. The van der Waals surface area contributed by atoms with Gasteiger partial charge in [-0.3, -0.25) is 8.80 Å². The summed E-state index contributed by atoms with van der Waals surface area (Å²) < 4.78 is 4.91. The van der Waals surface area contributed by atoms with Crippen LogP contribution in [0.3, 0.4) is 0 Å². The van der Waals surface area contributed by atoms with Gasteiger partial charge in [-0.15, -0.1) is 0 Å². The number of benzene rings is 12. The highest BCUT2D eigenvalue weighted by molar-refractivity contribution is 6.24. The van der Waals surface area contributed by atoms with Gasteiger partial charge in [0.05, 0.1) is 22.1 Å². The number of rotatable bonds is 6. The van der Waals surface area contributed by atoms with Gasteiger partial charge in [0.25, 0.3) is 0 Å². The lowest BCUT2D eigenvalue weighted by Gasteiger charge is -2.26. The first-order chi connectivity index (χ1) is 34.2. The van der Waals surface area contributed by atoms with Crippen LogP contribution in [0.5, 0.6) is 0 Å². The Morgan fingerprint density at radius 2 is 0.681 bits per heavy atom. The zero-order valence-corrected chi connectivity index (χ0v) is 37.5. The van der Waals surface area contributed by atoms with E-state index in [1.165, 1.54) is 120 Å². The zero-order valence-electron chi connectivity index (χ0n) is 37.5. The molecule has 0 spiro atoms. The first kappa shape index (κ1) is 38.0. The summed E-state index contributed by atoms with van der Waals surface area (Å²) in [4.78, 5) is 2.39. The number of aromatic nitrogens is 2. The Balaban J connectivity index is 0.829. The van der Waals surface area contributed by atoms with Crippen molar-refractivity contribution in [3.63, 3.8) is 0 Å². The van der Waals surface area contributed by atoms with Crippen molar-refractivity contribution in [2.45, 2.75) is 0 Å². The van der Waals surface area contributed by atoms with E-state index in [0.29, 0.717) is 0 Å². The zero-order chi connectivity index (χ0) is 45.2. The fourth-order valence-corrected chi connectivity index (χ4v) is 11.6. The van der Waals surface area contributed by atoms with E-state index in [9.17, 15) is 0 Å². The van der Waals surface area contributed by atoms with Crippen molar-refractivity contribution >= 4 is 104 Å². The molecule has 3 heteroatoms. The first-order valence-electron chi connectivity index (χ1n) is 23.8. The number of para-hydroxylation sites is 3. The van der Waals surface area contributed by atoms with Gasteiger partial charge >= 0.3 is 0 Å². The number of nitrogens with zero attached hydrogens (tertiary/aromatic N) is 3. The molecule has 0 N–H and O–H groups in total. The van der Waals surface area contributed by atoms with E-state index in [1.807, 2.05) is 0 Å². The van der Waals surface area contributed by atoms with Crippen molar-refractivity contribution in [3.05, 3.63) is 249 Å². The Labute approximate surface area is 397 Å². The van der Waals surface area contributed by atoms with Crippen LogP contribution in [-0.2, 0) is 0 Å². The van der Waals surface area contributed by atoms with Gasteiger partial charge in [0.15, 0.2) is 0 Å². The highest BCUT2D eigenvalue weighted by Crippen LogP contribution is 2.44. The molecule has 3 aromatic heterocycles. The molecular weight excluding hydrogens is 835 g/mol. The maximum absolute atomic E-state index is 2.47. The minimum absolute atomic E-state index is 1.10. The van der Waals surface area contributed by atoms with E-state index < -0.39 is 0 Å². The average Bonchev–Trinajstić information content (AvgIpc) is 4.06. The molecule has 0 aliphatic carbocycles. The second-order valence-corrected chi connectivity index (χ2v) is 18.5. The topological polar surface area (TPSA) is 12.1 Å². The molecule has 320 valence electrons. The third-order valence-electron chi connectivity index (χ3n) is 14.8. The Bertz CT molecular complexity index is 4400. The van der Waals surface area contributed by atoms with Crippen molar-refractivity contribution in [2.24, 2.45) is 0 Å². The van der Waals surface area contributed by atoms with Crippen molar-refractivity contribution in [3.8, 4) is 33.4 Å². The minimum Gasteiger partial charge on any atom is -0.310 e. The Hall–Kier alpha value is -9.18. The van der Waals surface area contributed by atoms with E-state index in [1.54, 1.807) is 0 Å². The largest absolute Gasteiger partial charge is 0.310 e. The fourth-order valence-electron chi connectivity index (χ4n) is 11.6. The smallest absolute Gasteiger partial charge is 0.131 e. The summed E-state index contributed by atoms with van der Waals surface area (Å²) in [6.45, 7) is 0. The maximum Gasteiger partial charge on any atom is 0.131 e. The molecule has 15 aromatic rings. The SMILES string of the molecule is c1ccc2c(-c3ccc(N(c4ccc(-c5cccc6ccccc56)cc4)c4ccc5c(ccc6cc(-c7ccc8c9c%10ccccc%10n%10c%11ccccc%11n(c8c7)c9%10)ccc65)c4)cc3)cccc2c1. The normalized spacial score (nSPS) is 12.1. The van der Waals surface area contributed by atoms with Crippen molar-refractivity contribution in [1.29, 1.82) is 0 Å². The van der Waals surface area contributed by atoms with E-state index in [-0.39, 0.29) is 0 Å². The highest BCUT2D eigenvalue weighted by atomic mass is 15.1. The van der Waals surface area contributed by atoms with E-state index in [2.05, 4.69) is 262 Å². The second kappa shape index (κ2) is 14.7. The van der Waals surface area contributed by atoms with Gasteiger partial charge in [-0.2, -0.15) is 0 Å². The molecule has 0 unspecified atom stereocenters. The van der Waals surface area contributed by atoms with Gasteiger partial charge in [-0.05, 0) is 143 Å². The number of hydrogen-bond donors (Lipinski definition) is 0. The van der Waals surface area contributed by atoms with Crippen LogP contribution < -0.4 is 4.90 Å². The first-order valence-corrected chi connectivity index (χ1v) is 23.8. The van der Waals surface area contributed by atoms with Gasteiger partial charge in [0.2, 0.25) is 0 Å². The summed E-state index contributed by atoms with van der Waals surface area (Å²) in [5.41, 5.74) is 16.8. The molecule has 15 rings (SSSR count). The molecule has 0 radical (unpaired) electrons. The predicted octanol–water partition coefficient (Wildman–Crippen LogP) is 18.2. The maximum atomic E-state index is 2.47. The van der Waals surface area contributed by atoms with E-state index >= 15 is 0 Å². The summed E-state index contributed by atoms with van der Waals surface area (Å²) in [5, 5.41) is 13.8. The molecule has 12 aromatic carbocycles. The van der Waals surface area contributed by atoms with Crippen LogP contribution in [0, 0.1) is 0 Å². The molecule has 69 heavy (non-hydrogen) atoms. The van der Waals surface area contributed by atoms with E-state index in [0.717, 1.165) is 17.1 Å². The summed E-state index contributed by atoms with van der Waals surface area (Å²) in [5.74, 6) is 0. The van der Waals surface area contributed by atoms with Crippen molar-refractivity contribution in [1.82, 2.24) is 8.80 Å². The Kier molecular flexibility index (Phi) is 8.07. The molecule has 3 heterocycles. The summed E-state index contributed by atoms with van der Waals surface area (Å²) in [7, 11) is 0. The number of hydrogen-bond acceptors (Lipinski definition) is 1. The molecule has 0 saturated heterocycles. The lowest BCUT2D eigenvalue weighted by atomic mass is 9.96.